The van der Waals surface area contributed by atoms with Crippen LogP contribution in [-0.4, -0.2) is 210 Å². The smallest absolute Gasteiger partial charge is 0.311 e. The fourth-order valence-corrected chi connectivity index (χ4v) is 13.5. The molecule has 16 atom stereocenters. The Morgan fingerprint density at radius 1 is 0.339 bits per heavy atom. The first-order valence-corrected chi connectivity index (χ1v) is 40.4. The lowest BCUT2D eigenvalue weighted by Crippen LogP contribution is -2.53. The zero-order valence-electron chi connectivity index (χ0n) is 69.7. The molecular weight excluding hydrogens is 1570 g/mol. The van der Waals surface area contributed by atoms with Crippen molar-refractivity contribution < 1.29 is 151 Å². The van der Waals surface area contributed by atoms with Gasteiger partial charge in [0.15, 0.2) is 18.9 Å². The molecule has 38 heteroatoms. The number of hydrogen-bond acceptors (Lipinski definition) is 27. The third-order valence-electron chi connectivity index (χ3n) is 20.7. The fraction of sp³-hybridized carbons (Fsp3) is 0.750. The van der Waals surface area contributed by atoms with Crippen LogP contribution in [0.2, 0.25) is 0 Å². The average Bonchev–Trinajstić information content (AvgIpc) is 0.816. The van der Waals surface area contributed by atoms with Gasteiger partial charge in [0.1, 0.15) is 62.2 Å². The van der Waals surface area contributed by atoms with Crippen LogP contribution in [0, 0.1) is 64.6 Å². The van der Waals surface area contributed by atoms with Gasteiger partial charge in [0.25, 0.3) is 0 Å². The molecule has 1 aromatic rings. The number of esters is 7. The van der Waals surface area contributed by atoms with Crippen molar-refractivity contribution in [1.29, 1.82) is 0 Å². The summed E-state index contributed by atoms with van der Waals surface area (Å²) in [7, 11) is 0. The highest BCUT2D eigenvalue weighted by atomic mass is 19.2. The second-order valence-electron chi connectivity index (χ2n) is 30.2. The zero-order valence-corrected chi connectivity index (χ0v) is 69.7. The van der Waals surface area contributed by atoms with Crippen LogP contribution < -0.4 is 36.6 Å². The summed E-state index contributed by atoms with van der Waals surface area (Å²) in [5.41, 5.74) is -1.59. The van der Waals surface area contributed by atoms with E-state index in [0.717, 1.165) is 0 Å². The second kappa shape index (κ2) is 53.1. The summed E-state index contributed by atoms with van der Waals surface area (Å²) < 4.78 is 143. The van der Waals surface area contributed by atoms with Crippen molar-refractivity contribution >= 4 is 83.0 Å². The molecule has 0 bridgehead atoms. The van der Waals surface area contributed by atoms with E-state index in [-0.39, 0.29) is 184 Å². The minimum atomic E-state index is -2.49. The largest absolute Gasteiger partial charge is 0.463 e. The highest BCUT2D eigenvalue weighted by Crippen LogP contribution is 2.38. The van der Waals surface area contributed by atoms with Gasteiger partial charge >= 0.3 is 41.8 Å². The van der Waals surface area contributed by atoms with Crippen LogP contribution in [0.4, 0.5) is 22.0 Å². The van der Waals surface area contributed by atoms with Gasteiger partial charge in [0.05, 0.1) is 6.67 Å². The molecule has 6 N–H and O–H groups in total. The summed E-state index contributed by atoms with van der Waals surface area (Å²) in [6, 6.07) is 0. The third-order valence-corrected chi connectivity index (χ3v) is 20.7. The lowest BCUT2D eigenvalue weighted by molar-refractivity contribution is -0.273. The van der Waals surface area contributed by atoms with E-state index in [1.165, 1.54) is 41.5 Å². The number of carbonyl (C=O) groups excluding carboxylic acids is 14. The number of unbranched alkanes of at least 4 members (excludes halogenated alkanes) is 4. The minimum absolute atomic E-state index is 0.00481. The van der Waals surface area contributed by atoms with E-state index in [2.05, 4.69) is 36.6 Å². The molecule has 3 fully saturated rings. The number of hydrogen-bond donors (Lipinski definition) is 6. The van der Waals surface area contributed by atoms with Crippen LogP contribution >= 0.6 is 0 Å². The first-order chi connectivity index (χ1) is 55.8. The zero-order chi connectivity index (χ0) is 87.8. The van der Waals surface area contributed by atoms with Gasteiger partial charge in [-0.15, -0.1) is 0 Å². The van der Waals surface area contributed by atoms with Gasteiger partial charge in [-0.3, -0.25) is 67.1 Å². The summed E-state index contributed by atoms with van der Waals surface area (Å²) in [4.78, 5) is 177. The molecule has 3 saturated heterocycles. The van der Waals surface area contributed by atoms with Crippen LogP contribution in [0.15, 0.2) is 0 Å². The molecule has 118 heavy (non-hydrogen) atoms. The lowest BCUT2D eigenvalue weighted by Gasteiger charge is -2.43. The van der Waals surface area contributed by atoms with E-state index < -0.39 is 186 Å². The van der Waals surface area contributed by atoms with Crippen LogP contribution in [0.1, 0.15) is 224 Å². The molecule has 4 rings (SSSR count). The van der Waals surface area contributed by atoms with Gasteiger partial charge < -0.3 is 93.5 Å². The summed E-state index contributed by atoms with van der Waals surface area (Å²) >= 11 is 0. The van der Waals surface area contributed by atoms with Crippen molar-refractivity contribution in [3.63, 3.8) is 0 Å². The van der Waals surface area contributed by atoms with Crippen molar-refractivity contribution in [3.05, 3.63) is 29.1 Å². The topological polar surface area (TPSA) is 431 Å². The normalized spacial score (nSPS) is 23.3. The number of halogens is 5. The average molecular weight is 1690 g/mol. The molecule has 0 aromatic heterocycles. The number of ketones is 1. The highest BCUT2D eigenvalue weighted by Gasteiger charge is 2.48. The van der Waals surface area contributed by atoms with Gasteiger partial charge in [-0.1, -0.05) is 41.5 Å². The molecule has 1 aromatic carbocycles. The Morgan fingerprint density at radius 2 is 0.653 bits per heavy atom. The van der Waals surface area contributed by atoms with Crippen LogP contribution in [0.5, 0.6) is 5.75 Å². The third kappa shape index (κ3) is 37.0. The van der Waals surface area contributed by atoms with Gasteiger partial charge in [0, 0.05) is 180 Å². The van der Waals surface area contributed by atoms with E-state index in [1.807, 2.05) is 41.5 Å². The van der Waals surface area contributed by atoms with Crippen LogP contribution in [0.3, 0.4) is 0 Å². The highest BCUT2D eigenvalue weighted by molar-refractivity contribution is 5.82. The first-order valence-electron chi connectivity index (χ1n) is 40.4. The Balaban J connectivity index is 1.40. The number of carbonyl (C=O) groups is 14. The van der Waals surface area contributed by atoms with Crippen molar-refractivity contribution in [3.8, 4) is 5.75 Å². The molecule has 668 valence electrons. The van der Waals surface area contributed by atoms with Gasteiger partial charge in [-0.25, -0.2) is 13.2 Å². The summed E-state index contributed by atoms with van der Waals surface area (Å²) in [5.74, 6) is -23.3. The summed E-state index contributed by atoms with van der Waals surface area (Å²) in [6.07, 6.45) is -5.89. The number of benzene rings is 1. The van der Waals surface area contributed by atoms with Gasteiger partial charge in [-0.05, 0) is 83.5 Å². The molecule has 16 unspecified atom stereocenters. The molecule has 3 heterocycles. The first kappa shape index (κ1) is 102. The standard InChI is InChI=1S/C80H121F5N6O27/c1-45-48(4)77(115-58(41-109-51(7)92)73(45)112-54(10)95)106-38-18-14-24-57(98)23-13-17-35-86-63(101)29-32-80(91-66(104)27-21-28-67(105)118-76-71(84)69(82)68(81)70(83)72(76)85,34-31-65(103)90-44-89-62(100)26-16-20-40-108-79-50(6)47(3)75(114-56(12)97)60(117-79)43-111-53(9)94)33-30-64(102)88-37-22-36-87-61(99)25-15-19-39-107-78-49(5)46(2)74(113-55(11)96)59(116-78)42-110-52(8)93/h45-50,58-60,73-75,77-79H,13-44H2,1-12H3,(H,86,101)(H,87,99)(H,88,102)(H,89,100)(H,90,103)(H,91,104). The fourth-order valence-electron chi connectivity index (χ4n) is 13.5. The second-order valence-corrected chi connectivity index (χ2v) is 30.2. The molecule has 0 saturated carbocycles. The Bertz CT molecular complexity index is 3350. The Labute approximate surface area is 684 Å². The van der Waals surface area contributed by atoms with E-state index >= 15 is 0 Å². The lowest BCUT2D eigenvalue weighted by atomic mass is 9.82. The Hall–Kier alpha value is -8.59. The predicted molar refractivity (Wildman–Crippen MR) is 405 cm³/mol. The number of ether oxygens (including phenoxy) is 13. The summed E-state index contributed by atoms with van der Waals surface area (Å²) in [6.45, 7) is 18.9. The van der Waals surface area contributed by atoms with Crippen LogP contribution in [-0.2, 0) is 124 Å². The van der Waals surface area contributed by atoms with Crippen molar-refractivity contribution in [2.24, 2.45) is 35.5 Å². The maximum absolute atomic E-state index is 14.5. The van der Waals surface area contributed by atoms with Crippen molar-refractivity contribution in [2.45, 2.75) is 285 Å². The van der Waals surface area contributed by atoms with Crippen molar-refractivity contribution in [2.75, 3.05) is 65.9 Å². The van der Waals surface area contributed by atoms with Crippen LogP contribution in [0.25, 0.3) is 0 Å². The molecule has 0 radical (unpaired) electrons. The molecule has 3 aliphatic heterocycles. The predicted octanol–water partition coefficient (Wildman–Crippen LogP) is 7.36. The quantitative estimate of drug-likeness (QED) is 0.00542. The maximum Gasteiger partial charge on any atom is 0.311 e. The molecule has 33 nitrogen and oxygen atoms in total. The molecule has 0 aliphatic carbocycles. The number of amides is 6. The number of nitrogens with one attached hydrogen (secondary N) is 6. The molecule has 0 spiro atoms. The Morgan fingerprint density at radius 3 is 1.02 bits per heavy atom. The van der Waals surface area contributed by atoms with Gasteiger partial charge in [-0.2, -0.15) is 8.78 Å². The molecule has 3 aliphatic rings. The monoisotopic (exact) mass is 1690 g/mol. The van der Waals surface area contributed by atoms with E-state index in [1.54, 1.807) is 0 Å². The van der Waals surface area contributed by atoms with E-state index in [0.29, 0.717) is 51.4 Å². The summed E-state index contributed by atoms with van der Waals surface area (Å²) in [5, 5.41) is 16.4. The van der Waals surface area contributed by atoms with E-state index in [4.69, 9.17) is 56.8 Å². The molecular formula is C80H121F5N6O27. The Kier molecular flexibility index (Phi) is 45.8. The minimum Gasteiger partial charge on any atom is -0.463 e. The van der Waals surface area contributed by atoms with Crippen molar-refractivity contribution in [1.82, 2.24) is 31.9 Å². The number of rotatable bonds is 53. The van der Waals surface area contributed by atoms with E-state index in [9.17, 15) is 89.1 Å². The maximum atomic E-state index is 14.5. The SMILES string of the molecule is CC(=O)OCC1OC(OCCCCC(=O)CCCCNC(=O)CCC(CCC(=O)NCCCNC(=O)CCCCOC2OC(COC(C)=O)C(OC(C)=O)C(C)C2C)(CCC(=O)NCNC(=O)CCCCOC2OC(COC(C)=O)C(OC(C)=O)C(C)C2C)NC(=O)CCCC(=O)Oc2c(F)c(F)c(F)c(F)c2F)C(C)C(C)C1OC(C)=O. The molecule has 6 amide bonds. The van der Waals surface area contributed by atoms with Gasteiger partial charge in [0.2, 0.25) is 70.3 Å². The number of Topliss-reactive ketones (excluding diaryl/α,β-unsaturated/α-hetero) is 1.